The molecular formula is C8H15Cl2N3. The first kappa shape index (κ1) is 12.9. The van der Waals surface area contributed by atoms with E-state index in [4.69, 9.17) is 28.7 Å². The molecule has 3 nitrogen and oxygen atoms in total. The maximum Gasteiger partial charge on any atom is 0.0286 e. The summed E-state index contributed by atoms with van der Waals surface area (Å²) in [7, 11) is 0. The molecule has 0 rings (SSSR count). The lowest BCUT2D eigenvalue weighted by atomic mass is 9.99. The summed E-state index contributed by atoms with van der Waals surface area (Å²) in [6, 6.07) is 0. The second-order valence-corrected chi connectivity index (χ2v) is 3.70. The highest BCUT2D eigenvalue weighted by Crippen LogP contribution is 2.15. The molecule has 0 radical (unpaired) electrons. The molecule has 0 unspecified atom stereocenters. The lowest BCUT2D eigenvalue weighted by Gasteiger charge is -2.11. The molecule has 0 saturated heterocycles. The van der Waals surface area contributed by atoms with Crippen LogP contribution in [0.2, 0.25) is 0 Å². The highest BCUT2D eigenvalue weighted by Gasteiger charge is 2.06. The van der Waals surface area contributed by atoms with Gasteiger partial charge in [0.15, 0.2) is 0 Å². The van der Waals surface area contributed by atoms with Crippen molar-refractivity contribution in [2.45, 2.75) is 25.7 Å². The molecule has 76 valence electrons. The quantitative estimate of drug-likeness (QED) is 0.259. The van der Waals surface area contributed by atoms with Gasteiger partial charge in [-0.15, -0.1) is 23.2 Å². The van der Waals surface area contributed by atoms with Gasteiger partial charge in [0.1, 0.15) is 0 Å². The number of hydrogen-bond acceptors (Lipinski definition) is 1. The molecule has 0 heterocycles. The average molecular weight is 224 g/mol. The van der Waals surface area contributed by atoms with Crippen molar-refractivity contribution in [2.24, 2.45) is 11.0 Å². The van der Waals surface area contributed by atoms with E-state index in [0.29, 0.717) is 24.2 Å². The molecule has 0 aliphatic heterocycles. The second kappa shape index (κ2) is 9.97. The van der Waals surface area contributed by atoms with Crippen LogP contribution in [0.1, 0.15) is 25.7 Å². The minimum Gasteiger partial charge on any atom is -0.127 e. The van der Waals surface area contributed by atoms with Crippen molar-refractivity contribution < 1.29 is 0 Å². The molecule has 0 N–H and O–H groups in total. The fraction of sp³-hybridized carbons (Fsp3) is 1.00. The third-order valence-corrected chi connectivity index (χ3v) is 2.43. The predicted octanol–water partition coefficient (Wildman–Crippen LogP) is 3.95. The maximum absolute atomic E-state index is 8.17. The van der Waals surface area contributed by atoms with E-state index in [9.17, 15) is 0 Å². The van der Waals surface area contributed by atoms with Crippen LogP contribution in [-0.2, 0) is 0 Å². The normalized spacial score (nSPS) is 10.1. The monoisotopic (exact) mass is 223 g/mol. The van der Waals surface area contributed by atoms with Gasteiger partial charge >= 0.3 is 0 Å². The SMILES string of the molecule is [N-]=[N+]=NCC(CCCCl)CCCCl. The summed E-state index contributed by atoms with van der Waals surface area (Å²) in [5.74, 6) is 1.80. The van der Waals surface area contributed by atoms with E-state index in [2.05, 4.69) is 10.0 Å². The first-order chi connectivity index (χ1) is 6.35. The summed E-state index contributed by atoms with van der Waals surface area (Å²) in [6.07, 6.45) is 4.02. The largest absolute Gasteiger partial charge is 0.127 e. The highest BCUT2D eigenvalue weighted by molar-refractivity contribution is 6.18. The maximum atomic E-state index is 8.17. The average Bonchev–Trinajstić information content (AvgIpc) is 2.17. The first-order valence-electron chi connectivity index (χ1n) is 4.48. The molecule has 0 atom stereocenters. The zero-order chi connectivity index (χ0) is 9.94. The van der Waals surface area contributed by atoms with Crippen LogP contribution in [0.15, 0.2) is 5.11 Å². The number of alkyl halides is 2. The van der Waals surface area contributed by atoms with Crippen LogP contribution in [0.4, 0.5) is 0 Å². The second-order valence-electron chi connectivity index (χ2n) is 2.94. The lowest BCUT2D eigenvalue weighted by Crippen LogP contribution is -2.05. The van der Waals surface area contributed by atoms with Gasteiger partial charge in [0.05, 0.1) is 0 Å². The summed E-state index contributed by atoms with van der Waals surface area (Å²) < 4.78 is 0. The Morgan fingerprint density at radius 2 is 1.69 bits per heavy atom. The first-order valence-corrected chi connectivity index (χ1v) is 5.54. The molecule has 0 aliphatic rings. The van der Waals surface area contributed by atoms with Crippen molar-refractivity contribution >= 4 is 23.2 Å². The molecule has 0 aliphatic carbocycles. The zero-order valence-corrected chi connectivity index (χ0v) is 9.14. The fourth-order valence-electron chi connectivity index (χ4n) is 1.21. The van der Waals surface area contributed by atoms with Crippen LogP contribution in [0.3, 0.4) is 0 Å². The van der Waals surface area contributed by atoms with Crippen LogP contribution in [0, 0.1) is 5.92 Å². The van der Waals surface area contributed by atoms with E-state index in [1.165, 1.54) is 0 Å². The van der Waals surface area contributed by atoms with Crippen molar-refractivity contribution in [1.29, 1.82) is 0 Å². The number of rotatable bonds is 8. The Morgan fingerprint density at radius 3 is 2.08 bits per heavy atom. The predicted molar refractivity (Wildman–Crippen MR) is 57.4 cm³/mol. The molecule has 0 bridgehead atoms. The smallest absolute Gasteiger partial charge is 0.0286 e. The van der Waals surface area contributed by atoms with E-state index in [0.717, 1.165) is 25.7 Å². The molecule has 0 fully saturated rings. The Hall–Kier alpha value is -0.110. The van der Waals surface area contributed by atoms with Crippen LogP contribution < -0.4 is 0 Å². The molecule has 0 amide bonds. The van der Waals surface area contributed by atoms with Gasteiger partial charge in [-0.25, -0.2) is 0 Å². The molecule has 0 aromatic heterocycles. The summed E-state index contributed by atoms with van der Waals surface area (Å²) >= 11 is 11.2. The summed E-state index contributed by atoms with van der Waals surface area (Å²) in [6.45, 7) is 0.574. The van der Waals surface area contributed by atoms with Gasteiger partial charge in [-0.05, 0) is 37.1 Å². The Balaban J connectivity index is 3.65. The molecule has 5 heteroatoms. The molecule has 0 aromatic rings. The van der Waals surface area contributed by atoms with E-state index in [-0.39, 0.29) is 0 Å². The Morgan fingerprint density at radius 1 is 1.15 bits per heavy atom. The van der Waals surface area contributed by atoms with Crippen LogP contribution in [0.5, 0.6) is 0 Å². The molecule has 13 heavy (non-hydrogen) atoms. The minimum atomic E-state index is 0.452. The minimum absolute atomic E-state index is 0.452. The third-order valence-electron chi connectivity index (χ3n) is 1.90. The van der Waals surface area contributed by atoms with Crippen LogP contribution >= 0.6 is 23.2 Å². The molecule has 0 spiro atoms. The van der Waals surface area contributed by atoms with Gasteiger partial charge in [-0.1, -0.05) is 5.11 Å². The topological polar surface area (TPSA) is 48.8 Å². The van der Waals surface area contributed by atoms with Crippen molar-refractivity contribution in [1.82, 2.24) is 0 Å². The standard InChI is InChI=1S/C8H15Cl2N3/c9-5-1-3-8(4-2-6-10)7-12-13-11/h8H,1-7H2. The Kier molecular flexibility index (Phi) is 9.89. The number of halogens is 2. The van der Waals surface area contributed by atoms with Gasteiger partial charge in [0, 0.05) is 23.2 Å². The molecular weight excluding hydrogens is 209 g/mol. The molecule has 0 saturated carbocycles. The van der Waals surface area contributed by atoms with Gasteiger partial charge in [0.25, 0.3) is 0 Å². The van der Waals surface area contributed by atoms with Crippen LogP contribution in [0.25, 0.3) is 10.4 Å². The van der Waals surface area contributed by atoms with Crippen molar-refractivity contribution in [3.63, 3.8) is 0 Å². The van der Waals surface area contributed by atoms with E-state index < -0.39 is 0 Å². The number of hydrogen-bond donors (Lipinski definition) is 0. The fourth-order valence-corrected chi connectivity index (χ4v) is 1.52. The van der Waals surface area contributed by atoms with Crippen LogP contribution in [-0.4, -0.2) is 18.3 Å². The summed E-state index contributed by atoms with van der Waals surface area (Å²) in [5.41, 5.74) is 8.17. The summed E-state index contributed by atoms with van der Waals surface area (Å²) in [4.78, 5) is 2.75. The molecule has 0 aromatic carbocycles. The van der Waals surface area contributed by atoms with Crippen molar-refractivity contribution in [2.75, 3.05) is 18.3 Å². The van der Waals surface area contributed by atoms with Gasteiger partial charge < -0.3 is 0 Å². The van der Waals surface area contributed by atoms with Crippen molar-refractivity contribution in [3.05, 3.63) is 10.4 Å². The van der Waals surface area contributed by atoms with Gasteiger partial charge in [-0.2, -0.15) is 0 Å². The summed E-state index contributed by atoms with van der Waals surface area (Å²) in [5, 5.41) is 3.57. The van der Waals surface area contributed by atoms with Gasteiger partial charge in [-0.3, -0.25) is 0 Å². The van der Waals surface area contributed by atoms with Gasteiger partial charge in [0.2, 0.25) is 0 Å². The van der Waals surface area contributed by atoms with E-state index in [1.807, 2.05) is 0 Å². The number of nitrogens with zero attached hydrogens (tertiary/aromatic N) is 3. The van der Waals surface area contributed by atoms with Crippen molar-refractivity contribution in [3.8, 4) is 0 Å². The Bertz CT molecular complexity index is 149. The third kappa shape index (κ3) is 8.23. The van der Waals surface area contributed by atoms with E-state index in [1.54, 1.807) is 0 Å². The van der Waals surface area contributed by atoms with E-state index >= 15 is 0 Å². The number of azide groups is 1. The lowest BCUT2D eigenvalue weighted by molar-refractivity contribution is 0.452. The highest BCUT2D eigenvalue weighted by atomic mass is 35.5. The Labute approximate surface area is 89.0 Å². The zero-order valence-electron chi connectivity index (χ0n) is 7.62.